The minimum absolute atomic E-state index is 0.0399. The quantitative estimate of drug-likeness (QED) is 0.571. The van der Waals surface area contributed by atoms with Crippen LogP contribution in [-0.4, -0.2) is 25.4 Å². The molecule has 0 radical (unpaired) electrons. The Bertz CT molecular complexity index is 205. The molecule has 0 rings (SSSR count). The van der Waals surface area contributed by atoms with E-state index >= 15 is 0 Å². The van der Waals surface area contributed by atoms with E-state index in [0.717, 1.165) is 0 Å². The summed E-state index contributed by atoms with van der Waals surface area (Å²) in [6, 6.07) is 0. The Morgan fingerprint density at radius 3 is 1.16 bits per heavy atom. The predicted molar refractivity (Wildman–Crippen MR) is 74.0 cm³/mol. The van der Waals surface area contributed by atoms with E-state index in [9.17, 15) is 0 Å². The number of hydrogen-bond donors (Lipinski definition) is 0. The summed E-state index contributed by atoms with van der Waals surface area (Å²) in [4.78, 5) is 0. The Balaban J connectivity index is 4.83. The molecule has 0 atom stereocenters. The molecular formula is C14H32O4Ti. The first kappa shape index (κ1) is 19.6. The van der Waals surface area contributed by atoms with Gasteiger partial charge in [0.05, 0.1) is 0 Å². The van der Waals surface area contributed by atoms with E-state index in [0.29, 0.717) is 25.0 Å². The van der Waals surface area contributed by atoms with Gasteiger partial charge in [0.25, 0.3) is 0 Å². The summed E-state index contributed by atoms with van der Waals surface area (Å²) in [6.07, 6.45) is 0.0798. The average Bonchev–Trinajstić information content (AvgIpc) is 2.22. The molecule has 4 nitrogen and oxygen atoms in total. The van der Waals surface area contributed by atoms with Gasteiger partial charge in [0.2, 0.25) is 0 Å². The van der Waals surface area contributed by atoms with Crippen molar-refractivity contribution in [2.24, 2.45) is 11.8 Å². The molecule has 0 aliphatic heterocycles. The van der Waals surface area contributed by atoms with Gasteiger partial charge in [0.15, 0.2) is 0 Å². The van der Waals surface area contributed by atoms with Gasteiger partial charge in [0.1, 0.15) is 0 Å². The van der Waals surface area contributed by atoms with Crippen LogP contribution in [0.15, 0.2) is 0 Å². The molecule has 0 aromatic rings. The first-order chi connectivity index (χ1) is 8.67. The molecule has 0 aromatic carbocycles. The van der Waals surface area contributed by atoms with Gasteiger partial charge in [-0.25, -0.2) is 0 Å². The second-order valence-electron chi connectivity index (χ2n) is 6.24. The molecular weight excluding hydrogens is 280 g/mol. The van der Waals surface area contributed by atoms with Gasteiger partial charge in [-0.05, 0) is 0 Å². The molecule has 0 amide bonds. The standard InChI is InChI=1S/2C4H9O.2C3H7O.Ti/c2*1-4(2)3-5;2*1-3(2)4;/h2*4H,3H2,1-2H3;2*3H,1-2H3;/q4*-1;+4. The second-order valence-corrected chi connectivity index (χ2v) is 9.44. The number of hydrogen-bond acceptors (Lipinski definition) is 4. The normalized spacial score (nSPS) is 13.3. The molecule has 19 heavy (non-hydrogen) atoms. The van der Waals surface area contributed by atoms with Crippen LogP contribution < -0.4 is 0 Å². The molecule has 0 fully saturated rings. The molecule has 0 saturated carbocycles. The fourth-order valence-corrected chi connectivity index (χ4v) is 5.44. The summed E-state index contributed by atoms with van der Waals surface area (Å²) in [6.45, 7) is 17.6. The van der Waals surface area contributed by atoms with Gasteiger partial charge in [-0.2, -0.15) is 0 Å². The summed E-state index contributed by atoms with van der Waals surface area (Å²) in [5.74, 6) is 0.860. The van der Waals surface area contributed by atoms with E-state index in [2.05, 4.69) is 27.7 Å². The molecule has 0 aliphatic rings. The number of rotatable bonds is 10. The first-order valence-electron chi connectivity index (χ1n) is 7.30. The topological polar surface area (TPSA) is 36.9 Å². The van der Waals surface area contributed by atoms with Crippen LogP contribution in [0.5, 0.6) is 0 Å². The van der Waals surface area contributed by atoms with Crippen molar-refractivity contribution in [1.82, 2.24) is 0 Å². The van der Waals surface area contributed by atoms with Gasteiger partial charge in [0, 0.05) is 0 Å². The maximum atomic E-state index is 5.98. The van der Waals surface area contributed by atoms with Gasteiger partial charge >= 0.3 is 124 Å². The third kappa shape index (κ3) is 10.00. The van der Waals surface area contributed by atoms with Crippen LogP contribution in [0.2, 0.25) is 0 Å². The zero-order chi connectivity index (χ0) is 15.1. The van der Waals surface area contributed by atoms with Gasteiger partial charge in [-0.3, -0.25) is 0 Å². The van der Waals surface area contributed by atoms with E-state index in [1.54, 1.807) is 0 Å². The van der Waals surface area contributed by atoms with Crippen molar-refractivity contribution < 1.29 is 31.4 Å². The Labute approximate surface area is 124 Å². The van der Waals surface area contributed by atoms with Crippen molar-refractivity contribution in [2.45, 2.75) is 67.6 Å². The third-order valence-corrected chi connectivity index (χ3v) is 5.95. The maximum absolute atomic E-state index is 5.98. The minimum atomic E-state index is -3.63. The molecule has 0 unspecified atom stereocenters. The Morgan fingerprint density at radius 2 is 0.947 bits per heavy atom. The van der Waals surface area contributed by atoms with Crippen LogP contribution in [0.1, 0.15) is 55.4 Å². The van der Waals surface area contributed by atoms with Gasteiger partial charge < -0.3 is 0 Å². The molecule has 0 aromatic heterocycles. The van der Waals surface area contributed by atoms with Crippen LogP contribution in [0.4, 0.5) is 0 Å². The summed E-state index contributed by atoms with van der Waals surface area (Å²) >= 11 is -3.63. The van der Waals surface area contributed by atoms with E-state index in [-0.39, 0.29) is 12.2 Å². The third-order valence-electron chi connectivity index (χ3n) is 1.95. The fraction of sp³-hybridized carbons (Fsp3) is 1.00. The molecule has 0 heterocycles. The summed E-state index contributed by atoms with van der Waals surface area (Å²) in [5, 5.41) is 0. The zero-order valence-corrected chi connectivity index (χ0v) is 15.4. The van der Waals surface area contributed by atoms with Crippen LogP contribution >= 0.6 is 0 Å². The van der Waals surface area contributed by atoms with Crippen LogP contribution in [0, 0.1) is 11.8 Å². The van der Waals surface area contributed by atoms with Crippen molar-refractivity contribution in [3.8, 4) is 0 Å². The monoisotopic (exact) mass is 312 g/mol. The van der Waals surface area contributed by atoms with Crippen molar-refractivity contribution >= 4 is 0 Å². The van der Waals surface area contributed by atoms with Crippen molar-refractivity contribution in [3.05, 3.63) is 0 Å². The predicted octanol–water partition coefficient (Wildman–Crippen LogP) is 4.00. The molecule has 0 aliphatic carbocycles. The van der Waals surface area contributed by atoms with Crippen molar-refractivity contribution in [2.75, 3.05) is 13.2 Å². The van der Waals surface area contributed by atoms with Crippen molar-refractivity contribution in [1.29, 1.82) is 0 Å². The molecule has 0 spiro atoms. The van der Waals surface area contributed by atoms with Gasteiger partial charge in [-0.1, -0.05) is 0 Å². The second kappa shape index (κ2) is 9.48. The molecule has 5 heteroatoms. The van der Waals surface area contributed by atoms with Crippen LogP contribution in [0.3, 0.4) is 0 Å². The molecule has 0 bridgehead atoms. The molecule has 0 saturated heterocycles. The Hall–Kier alpha value is 0.554. The van der Waals surface area contributed by atoms with E-state index < -0.39 is 18.1 Å². The van der Waals surface area contributed by atoms with Gasteiger partial charge in [-0.15, -0.1) is 0 Å². The summed E-state index contributed by atoms with van der Waals surface area (Å²) in [7, 11) is 0. The van der Waals surface area contributed by atoms with Crippen LogP contribution in [-0.2, 0) is 31.4 Å². The molecule has 0 N–H and O–H groups in total. The van der Waals surface area contributed by atoms with Crippen molar-refractivity contribution in [3.63, 3.8) is 0 Å². The van der Waals surface area contributed by atoms with E-state index in [4.69, 9.17) is 13.3 Å². The summed E-state index contributed by atoms with van der Waals surface area (Å²) < 4.78 is 23.9. The first-order valence-corrected chi connectivity index (χ1v) is 9.85. The van der Waals surface area contributed by atoms with E-state index in [1.807, 2.05) is 27.7 Å². The Kier molecular flexibility index (Phi) is 9.76. The summed E-state index contributed by atoms with van der Waals surface area (Å²) in [5.41, 5.74) is 0. The molecule has 116 valence electrons. The Morgan fingerprint density at radius 1 is 0.632 bits per heavy atom. The fourth-order valence-electron chi connectivity index (χ4n) is 1.32. The SMILES string of the molecule is CC(C)C[O][Ti]([O]CC(C)C)([O]C(C)C)[O]C(C)C. The zero-order valence-electron chi connectivity index (χ0n) is 13.9. The van der Waals surface area contributed by atoms with Crippen LogP contribution in [0.25, 0.3) is 0 Å². The average molecular weight is 312 g/mol. The van der Waals surface area contributed by atoms with E-state index in [1.165, 1.54) is 0 Å².